The molecule has 0 aliphatic carbocycles. The summed E-state index contributed by atoms with van der Waals surface area (Å²) in [5.41, 5.74) is 34.3. The molecular weight excluding hydrogens is 622 g/mol. The molecular formula is C32H83N17. The SMILES string of the molecule is NCCNCCN(CCNCCNCCNCCNCCN(CCN)CCN(CCNCCN)CCNCCN)CCN(CCN)CCN. The molecule has 0 bridgehead atoms. The molecule has 0 atom stereocenters. The van der Waals surface area contributed by atoms with Gasteiger partial charge in [0.2, 0.25) is 0 Å². The van der Waals surface area contributed by atoms with Crippen LogP contribution in [-0.4, -0.2) is 229 Å². The van der Waals surface area contributed by atoms with Crippen LogP contribution >= 0.6 is 0 Å². The third-order valence-corrected chi connectivity index (χ3v) is 8.22. The second-order valence-corrected chi connectivity index (χ2v) is 12.3. The highest BCUT2D eigenvalue weighted by molar-refractivity contribution is 4.70. The minimum Gasteiger partial charge on any atom is -0.329 e. The lowest BCUT2D eigenvalue weighted by molar-refractivity contribution is 0.206. The Hall–Kier alpha value is -0.680. The summed E-state index contributed by atoms with van der Waals surface area (Å²) in [6.07, 6.45) is 0. The number of nitrogens with two attached hydrogens (primary N) is 6. The van der Waals surface area contributed by atoms with Gasteiger partial charge in [-0.25, -0.2) is 0 Å². The fourth-order valence-electron chi connectivity index (χ4n) is 5.35. The average Bonchev–Trinajstić information content (AvgIpc) is 3.10. The van der Waals surface area contributed by atoms with E-state index in [0.717, 1.165) is 170 Å². The maximum atomic E-state index is 5.93. The monoisotopic (exact) mass is 706 g/mol. The molecule has 0 radical (unpaired) electrons. The normalized spacial score (nSPS) is 12.1. The van der Waals surface area contributed by atoms with Crippen LogP contribution in [0.3, 0.4) is 0 Å². The summed E-state index contributed by atoms with van der Waals surface area (Å²) in [7, 11) is 0. The van der Waals surface area contributed by atoms with Gasteiger partial charge in [0.15, 0.2) is 0 Å². The first-order valence-electron chi connectivity index (χ1n) is 19.2. The number of rotatable bonds is 42. The summed E-state index contributed by atoms with van der Waals surface area (Å²) < 4.78 is 0. The van der Waals surface area contributed by atoms with E-state index in [1.807, 2.05) is 0 Å². The first-order valence-corrected chi connectivity index (χ1v) is 19.2. The van der Waals surface area contributed by atoms with Crippen LogP contribution in [-0.2, 0) is 0 Å². The molecule has 0 aromatic carbocycles. The molecule has 0 spiro atoms. The fourth-order valence-corrected chi connectivity index (χ4v) is 5.35. The summed E-state index contributed by atoms with van der Waals surface area (Å²) in [4.78, 5) is 9.82. The van der Waals surface area contributed by atoms with Crippen LogP contribution in [0.5, 0.6) is 0 Å². The van der Waals surface area contributed by atoms with Crippen LogP contribution in [0.1, 0.15) is 0 Å². The molecule has 0 amide bonds. The third kappa shape index (κ3) is 34.2. The van der Waals surface area contributed by atoms with Gasteiger partial charge in [0.05, 0.1) is 0 Å². The van der Waals surface area contributed by atoms with Gasteiger partial charge < -0.3 is 71.6 Å². The minimum atomic E-state index is 0.665. The molecule has 0 rings (SSSR count). The molecule has 0 aromatic heterocycles. The standard InChI is InChI=1S/C32H83N17/c33-1-7-39-16-25-48(26-17-40-8-2-34)32-30-47(23-6-38)24-19-44-14-12-42-10-11-43-13-15-45-20-28-49(27-18-41-9-3-35)31-29-46(21-4-36)22-5-37/h39-45H,1-38H2. The van der Waals surface area contributed by atoms with Gasteiger partial charge >= 0.3 is 0 Å². The number of nitrogens with one attached hydrogen (secondary N) is 7. The first kappa shape index (κ1) is 48.3. The van der Waals surface area contributed by atoms with Crippen molar-refractivity contribution in [1.82, 2.24) is 56.8 Å². The van der Waals surface area contributed by atoms with Crippen molar-refractivity contribution in [3.05, 3.63) is 0 Å². The van der Waals surface area contributed by atoms with Crippen molar-refractivity contribution in [2.45, 2.75) is 0 Å². The summed E-state index contributed by atoms with van der Waals surface area (Å²) >= 11 is 0. The summed E-state index contributed by atoms with van der Waals surface area (Å²) in [5.74, 6) is 0. The molecule has 49 heavy (non-hydrogen) atoms. The molecule has 0 saturated heterocycles. The van der Waals surface area contributed by atoms with Gasteiger partial charge in [-0.15, -0.1) is 0 Å². The van der Waals surface area contributed by atoms with Gasteiger partial charge in [0.1, 0.15) is 0 Å². The Morgan fingerprint density at radius 2 is 0.408 bits per heavy atom. The van der Waals surface area contributed by atoms with Crippen molar-refractivity contribution in [2.75, 3.05) is 209 Å². The second kappa shape index (κ2) is 40.1. The molecule has 17 nitrogen and oxygen atoms in total. The second-order valence-electron chi connectivity index (χ2n) is 12.3. The van der Waals surface area contributed by atoms with E-state index in [-0.39, 0.29) is 0 Å². The Bertz CT molecular complexity index is 606. The highest BCUT2D eigenvalue weighted by atomic mass is 15.2. The zero-order valence-electron chi connectivity index (χ0n) is 31.4. The van der Waals surface area contributed by atoms with Gasteiger partial charge in [-0.2, -0.15) is 0 Å². The zero-order chi connectivity index (χ0) is 35.9. The predicted octanol–water partition coefficient (Wildman–Crippen LogP) is -6.93. The van der Waals surface area contributed by atoms with E-state index in [0.29, 0.717) is 39.3 Å². The lowest BCUT2D eigenvalue weighted by Gasteiger charge is -2.28. The van der Waals surface area contributed by atoms with Gasteiger partial charge in [-0.3, -0.25) is 19.6 Å². The third-order valence-electron chi connectivity index (χ3n) is 8.22. The lowest BCUT2D eigenvalue weighted by Crippen LogP contribution is -2.45. The molecule has 0 aliphatic heterocycles. The maximum absolute atomic E-state index is 5.93. The Morgan fingerprint density at radius 3 is 0.653 bits per heavy atom. The lowest BCUT2D eigenvalue weighted by atomic mass is 10.3. The number of hydrogen-bond acceptors (Lipinski definition) is 17. The van der Waals surface area contributed by atoms with Crippen LogP contribution < -0.4 is 71.6 Å². The topological polar surface area (TPSA) is 253 Å². The van der Waals surface area contributed by atoms with Gasteiger partial charge in [-0.1, -0.05) is 0 Å². The van der Waals surface area contributed by atoms with Crippen molar-refractivity contribution in [3.8, 4) is 0 Å². The molecule has 0 saturated carbocycles. The highest BCUT2D eigenvalue weighted by Crippen LogP contribution is 1.93. The molecule has 0 fully saturated rings. The zero-order valence-corrected chi connectivity index (χ0v) is 31.4. The highest BCUT2D eigenvalue weighted by Gasteiger charge is 2.10. The van der Waals surface area contributed by atoms with Crippen molar-refractivity contribution in [1.29, 1.82) is 0 Å². The van der Waals surface area contributed by atoms with Gasteiger partial charge in [-0.05, 0) is 0 Å². The van der Waals surface area contributed by atoms with Crippen molar-refractivity contribution in [3.63, 3.8) is 0 Å². The molecule has 0 aromatic rings. The largest absolute Gasteiger partial charge is 0.329 e. The van der Waals surface area contributed by atoms with E-state index in [1.54, 1.807) is 0 Å². The summed E-state index contributed by atoms with van der Waals surface area (Å²) in [6, 6.07) is 0. The van der Waals surface area contributed by atoms with Gasteiger partial charge in [0, 0.05) is 209 Å². The van der Waals surface area contributed by atoms with E-state index in [4.69, 9.17) is 34.4 Å². The quantitative estimate of drug-likeness (QED) is 0.0264. The van der Waals surface area contributed by atoms with E-state index in [1.165, 1.54) is 0 Å². The Labute approximate surface area is 300 Å². The molecule has 0 heterocycles. The van der Waals surface area contributed by atoms with E-state index in [2.05, 4.69) is 56.8 Å². The van der Waals surface area contributed by atoms with E-state index in [9.17, 15) is 0 Å². The van der Waals surface area contributed by atoms with Crippen molar-refractivity contribution < 1.29 is 0 Å². The van der Waals surface area contributed by atoms with E-state index < -0.39 is 0 Å². The molecule has 17 heteroatoms. The Morgan fingerprint density at radius 1 is 0.204 bits per heavy atom. The average molecular weight is 706 g/mol. The van der Waals surface area contributed by atoms with Crippen LogP contribution in [0.4, 0.5) is 0 Å². The Kier molecular flexibility index (Phi) is 39.5. The fraction of sp³-hybridized carbons (Fsp3) is 1.00. The van der Waals surface area contributed by atoms with Gasteiger partial charge in [0.25, 0.3) is 0 Å². The summed E-state index contributed by atoms with van der Waals surface area (Å²) in [5, 5.41) is 24.4. The maximum Gasteiger partial charge on any atom is 0.0110 e. The van der Waals surface area contributed by atoms with Crippen molar-refractivity contribution in [2.24, 2.45) is 34.4 Å². The predicted molar refractivity (Wildman–Crippen MR) is 210 cm³/mol. The summed E-state index contributed by atoms with van der Waals surface area (Å²) in [6.45, 7) is 28.9. The van der Waals surface area contributed by atoms with Crippen LogP contribution in [0.2, 0.25) is 0 Å². The van der Waals surface area contributed by atoms with E-state index >= 15 is 0 Å². The minimum absolute atomic E-state index is 0.665. The van der Waals surface area contributed by atoms with Crippen LogP contribution in [0.25, 0.3) is 0 Å². The molecule has 19 N–H and O–H groups in total. The molecule has 0 unspecified atom stereocenters. The first-order chi connectivity index (χ1) is 24.1. The van der Waals surface area contributed by atoms with Crippen molar-refractivity contribution >= 4 is 0 Å². The van der Waals surface area contributed by atoms with Crippen LogP contribution in [0.15, 0.2) is 0 Å². The molecule has 0 aliphatic rings. The number of hydrogen-bond donors (Lipinski definition) is 13. The molecule has 296 valence electrons. The smallest absolute Gasteiger partial charge is 0.0110 e. The van der Waals surface area contributed by atoms with Crippen LogP contribution in [0, 0.1) is 0 Å². The number of nitrogens with zero attached hydrogens (tertiary/aromatic N) is 4. The Balaban J connectivity index is 4.01.